The molecule has 1 N–H and O–H groups in total. The van der Waals surface area contributed by atoms with Gasteiger partial charge in [-0.25, -0.2) is 4.79 Å². The van der Waals surface area contributed by atoms with Crippen LogP contribution in [0, 0.1) is 0 Å². The lowest BCUT2D eigenvalue weighted by Crippen LogP contribution is -2.36. The van der Waals surface area contributed by atoms with Gasteiger partial charge in [-0.05, 0) is 25.6 Å². The van der Waals surface area contributed by atoms with Crippen LogP contribution in [0.4, 0.5) is 13.2 Å². The van der Waals surface area contributed by atoms with E-state index in [2.05, 4.69) is 25.7 Å². The van der Waals surface area contributed by atoms with E-state index in [4.69, 9.17) is 14.6 Å². The normalized spacial score (nSPS) is 11.5. The molecule has 0 radical (unpaired) electrons. The number of rotatable bonds is 10. The third kappa shape index (κ3) is 7.25. The van der Waals surface area contributed by atoms with Crippen molar-refractivity contribution in [2.24, 2.45) is 7.05 Å². The summed E-state index contributed by atoms with van der Waals surface area (Å²) >= 11 is 1.37. The molecule has 2 heterocycles. The van der Waals surface area contributed by atoms with Crippen molar-refractivity contribution in [1.82, 2.24) is 14.4 Å². The Hall–Kier alpha value is -3.12. The van der Waals surface area contributed by atoms with Gasteiger partial charge in [0.05, 0.1) is 16.8 Å². The van der Waals surface area contributed by atoms with Gasteiger partial charge in [-0.1, -0.05) is 45.4 Å². The second-order valence-corrected chi connectivity index (χ2v) is 9.62. The number of fused-ring (bicyclic) bond motifs is 3. The van der Waals surface area contributed by atoms with E-state index in [9.17, 15) is 22.8 Å². The Bertz CT molecular complexity index is 1320. The van der Waals surface area contributed by atoms with E-state index in [1.165, 1.54) is 11.3 Å². The summed E-state index contributed by atoms with van der Waals surface area (Å²) in [6, 6.07) is 7.82. The van der Waals surface area contributed by atoms with Crippen molar-refractivity contribution in [3.8, 4) is 5.75 Å². The fourth-order valence-corrected chi connectivity index (χ4v) is 5.00. The molecule has 0 unspecified atom stereocenters. The lowest BCUT2D eigenvalue weighted by atomic mass is 10.1. The Kier molecular flexibility index (Phi) is 11.1. The minimum Gasteiger partial charge on any atom is -0.491 e. The lowest BCUT2D eigenvalue weighted by Gasteiger charge is -2.23. The van der Waals surface area contributed by atoms with Gasteiger partial charge >= 0.3 is 12.1 Å². The Labute approximate surface area is 223 Å². The highest BCUT2D eigenvalue weighted by molar-refractivity contribution is 7.22. The molecule has 0 spiro atoms. The number of pyridine rings is 1. The van der Waals surface area contributed by atoms with Crippen LogP contribution in [0.1, 0.15) is 43.3 Å². The highest BCUT2D eigenvalue weighted by Gasteiger charge is 2.38. The second kappa shape index (κ2) is 13.6. The number of carboxylic acids is 1. The molecule has 3 rings (SSSR count). The molecule has 2 aromatic heterocycles. The van der Waals surface area contributed by atoms with Crippen LogP contribution in [0.3, 0.4) is 0 Å². The van der Waals surface area contributed by atoms with Gasteiger partial charge in [-0.2, -0.15) is 13.2 Å². The number of likely N-dealkylation sites (N-methyl/N-ethyl adjacent to an activating group) is 2. The number of halogens is 3. The van der Waals surface area contributed by atoms with Gasteiger partial charge in [0, 0.05) is 32.6 Å². The molecular weight excluding hydrogens is 523 g/mol. The van der Waals surface area contributed by atoms with E-state index in [0.29, 0.717) is 29.2 Å². The van der Waals surface area contributed by atoms with Crippen LogP contribution in [0.25, 0.3) is 21.0 Å². The number of ether oxygens (including phenoxy) is 1. The van der Waals surface area contributed by atoms with Gasteiger partial charge in [0.1, 0.15) is 10.3 Å². The Morgan fingerprint density at radius 1 is 1.11 bits per heavy atom. The first-order valence-corrected chi connectivity index (χ1v) is 13.1. The third-order valence-corrected chi connectivity index (χ3v) is 7.26. The molecular formula is C26H34F3N3O5S. The number of unbranched alkanes of at least 4 members (excludes halogenated alkanes) is 1. The molecule has 12 heteroatoms. The smallest absolute Gasteiger partial charge is 0.490 e. The van der Waals surface area contributed by atoms with Gasteiger partial charge in [0.15, 0.2) is 5.75 Å². The standard InChI is InChI=1S/C24H33N3O3S.C2HF3O2/c1-6-9-16-30-20-19-21(17-12-10-11-13-18(17)26(5)23(19)28)31-22(20)24(29)25(4)14-15-27(7-2)8-3;3-2(4,5)1(6)7/h10-13H,6-9,14-16H2,1-5H3;(H,6,7). The zero-order valence-corrected chi connectivity index (χ0v) is 23.0. The molecule has 1 amide bonds. The maximum Gasteiger partial charge on any atom is 0.490 e. The first-order valence-electron chi connectivity index (χ1n) is 12.3. The lowest BCUT2D eigenvalue weighted by molar-refractivity contribution is -0.192. The predicted octanol–water partition coefficient (Wildman–Crippen LogP) is 4.98. The molecule has 210 valence electrons. The van der Waals surface area contributed by atoms with Crippen molar-refractivity contribution >= 4 is 44.2 Å². The van der Waals surface area contributed by atoms with Gasteiger partial charge in [0.25, 0.3) is 11.5 Å². The van der Waals surface area contributed by atoms with E-state index < -0.39 is 12.1 Å². The van der Waals surface area contributed by atoms with Crippen LogP contribution < -0.4 is 10.3 Å². The number of benzene rings is 1. The number of alkyl halides is 3. The van der Waals surface area contributed by atoms with Crippen molar-refractivity contribution in [3.63, 3.8) is 0 Å². The number of carbonyl (C=O) groups excluding carboxylic acids is 1. The highest BCUT2D eigenvalue weighted by Crippen LogP contribution is 2.40. The largest absolute Gasteiger partial charge is 0.491 e. The minimum absolute atomic E-state index is 0.0917. The van der Waals surface area contributed by atoms with E-state index in [1.807, 2.05) is 31.3 Å². The average molecular weight is 558 g/mol. The molecule has 1 aromatic carbocycles. The van der Waals surface area contributed by atoms with Crippen LogP contribution in [0.15, 0.2) is 29.1 Å². The summed E-state index contributed by atoms with van der Waals surface area (Å²) < 4.78 is 40.3. The van der Waals surface area contributed by atoms with Crippen LogP contribution in [0.5, 0.6) is 5.75 Å². The summed E-state index contributed by atoms with van der Waals surface area (Å²) in [5, 5.41) is 8.61. The Morgan fingerprint density at radius 2 is 1.71 bits per heavy atom. The first kappa shape index (κ1) is 31.1. The summed E-state index contributed by atoms with van der Waals surface area (Å²) in [7, 11) is 3.59. The molecule has 38 heavy (non-hydrogen) atoms. The van der Waals surface area contributed by atoms with Gasteiger partial charge in [-0.3, -0.25) is 9.59 Å². The maximum atomic E-state index is 13.4. The quantitative estimate of drug-likeness (QED) is 0.354. The number of carbonyl (C=O) groups is 2. The molecule has 0 fully saturated rings. The van der Waals surface area contributed by atoms with Crippen molar-refractivity contribution in [2.45, 2.75) is 39.8 Å². The predicted molar refractivity (Wildman–Crippen MR) is 143 cm³/mol. The minimum atomic E-state index is -5.08. The number of hydrogen-bond acceptors (Lipinski definition) is 6. The summed E-state index contributed by atoms with van der Waals surface area (Å²) in [6.45, 7) is 10.2. The number of aryl methyl sites for hydroxylation is 1. The summed E-state index contributed by atoms with van der Waals surface area (Å²) in [5.41, 5.74) is 0.733. The van der Waals surface area contributed by atoms with Crippen LogP contribution in [-0.4, -0.2) is 77.4 Å². The summed E-state index contributed by atoms with van der Waals surface area (Å²) in [4.78, 5) is 40.1. The fourth-order valence-electron chi connectivity index (χ4n) is 3.74. The van der Waals surface area contributed by atoms with E-state index >= 15 is 0 Å². The molecule has 0 saturated heterocycles. The number of amides is 1. The summed E-state index contributed by atoms with van der Waals surface area (Å²) in [5.74, 6) is -2.40. The third-order valence-electron chi connectivity index (χ3n) is 6.07. The SMILES string of the molecule is CCCCOc1c(C(=O)N(C)CCN(CC)CC)sc2c1c(=O)n(C)c1ccccc21.O=C(O)C(F)(F)F. The monoisotopic (exact) mass is 557 g/mol. The highest BCUT2D eigenvalue weighted by atomic mass is 32.1. The van der Waals surface area contributed by atoms with E-state index in [-0.39, 0.29) is 11.5 Å². The molecule has 0 saturated carbocycles. The number of para-hydroxylation sites is 1. The summed E-state index contributed by atoms with van der Waals surface area (Å²) in [6.07, 6.45) is -3.23. The first-order chi connectivity index (χ1) is 17.9. The molecule has 0 aliphatic heterocycles. The molecule has 0 atom stereocenters. The van der Waals surface area contributed by atoms with Crippen LogP contribution in [0.2, 0.25) is 0 Å². The number of aromatic nitrogens is 1. The average Bonchev–Trinajstić information content (AvgIpc) is 3.27. The Morgan fingerprint density at radius 3 is 2.26 bits per heavy atom. The van der Waals surface area contributed by atoms with Gasteiger partial charge in [-0.15, -0.1) is 11.3 Å². The van der Waals surface area contributed by atoms with Crippen LogP contribution >= 0.6 is 11.3 Å². The zero-order chi connectivity index (χ0) is 28.6. The molecule has 0 bridgehead atoms. The van der Waals surface area contributed by atoms with Gasteiger partial charge in [0.2, 0.25) is 0 Å². The van der Waals surface area contributed by atoms with Gasteiger partial charge < -0.3 is 24.2 Å². The fraction of sp³-hybridized carbons (Fsp3) is 0.500. The molecule has 3 aromatic rings. The Balaban J connectivity index is 0.000000638. The van der Waals surface area contributed by atoms with Crippen molar-refractivity contribution in [3.05, 3.63) is 39.5 Å². The van der Waals surface area contributed by atoms with E-state index in [0.717, 1.165) is 48.1 Å². The molecule has 0 aliphatic rings. The number of thiophene rings is 1. The van der Waals surface area contributed by atoms with Crippen LogP contribution in [-0.2, 0) is 11.8 Å². The number of aliphatic carboxylic acids is 1. The van der Waals surface area contributed by atoms with Crippen molar-refractivity contribution < 1.29 is 32.6 Å². The number of nitrogens with zero attached hydrogens (tertiary/aromatic N) is 3. The molecule has 8 nitrogen and oxygen atoms in total. The van der Waals surface area contributed by atoms with E-state index in [1.54, 1.807) is 16.5 Å². The molecule has 0 aliphatic carbocycles. The maximum absolute atomic E-state index is 13.4. The zero-order valence-electron chi connectivity index (χ0n) is 22.2. The second-order valence-electron chi connectivity index (χ2n) is 8.60. The number of hydrogen-bond donors (Lipinski definition) is 1. The van der Waals surface area contributed by atoms with Crippen molar-refractivity contribution in [2.75, 3.05) is 39.8 Å². The number of carboxylic acid groups (broad SMARTS) is 1. The van der Waals surface area contributed by atoms with Crippen molar-refractivity contribution in [1.29, 1.82) is 0 Å². The topological polar surface area (TPSA) is 92.1 Å².